The molecule has 0 spiro atoms. The maximum atomic E-state index is 12.5. The van der Waals surface area contributed by atoms with Crippen LogP contribution < -0.4 is 10.6 Å². The molecule has 0 aliphatic rings. The van der Waals surface area contributed by atoms with Crippen molar-refractivity contribution < 1.29 is 34.1 Å². The number of esters is 2. The molecule has 0 aromatic carbocycles. The summed E-state index contributed by atoms with van der Waals surface area (Å²) in [6, 6.07) is -0.303. The summed E-state index contributed by atoms with van der Waals surface area (Å²) in [7, 11) is 1.97. The minimum Gasteiger partial charge on any atom is -0.463 e. The Balaban J connectivity index is 5.28. The summed E-state index contributed by atoms with van der Waals surface area (Å²) in [5.74, 6) is 1.73. The quantitative estimate of drug-likeness (QED) is 0.0200. The van der Waals surface area contributed by atoms with Gasteiger partial charge in [-0.05, 0) is 161 Å². The van der Waals surface area contributed by atoms with Crippen LogP contribution in [0.2, 0.25) is 0 Å². The lowest BCUT2D eigenvalue weighted by atomic mass is 9.94. The number of nitrogens with zero attached hydrogens (tertiary/aromatic N) is 2. The standard InChI is InChI=1S/C61H118N4O7/c1-12-16-20-31-50(5)33-28-34-52(7)46-64(45-51(6)32-21-17-13-2)43-27-25-40-59(62-11)55(10)63-56(49-66)37-24-26-44-65(47-57(67)38-29-41-60(69)71-53(8)35-22-18-14-3)48-58(68)39-30-42-61(70)72-54(9)36-23-19-15-4/h13,49-54,56-59,62-63,67-68H,2,10,12,14-48H2,1,3-9,11H3. The number of hydrogen-bond donors (Lipinski definition) is 4. The molecular formula is C61H118N4O7. The molecule has 0 amide bonds. The van der Waals surface area contributed by atoms with Crippen molar-refractivity contribution >= 4 is 18.2 Å². The summed E-state index contributed by atoms with van der Waals surface area (Å²) in [6.07, 6.45) is 30.5. The summed E-state index contributed by atoms with van der Waals surface area (Å²) in [5.41, 5.74) is 0.845. The minimum atomic E-state index is -0.673. The fraction of sp³-hybridized carbons (Fsp3) is 0.885. The highest BCUT2D eigenvalue weighted by atomic mass is 16.5. The smallest absolute Gasteiger partial charge is 0.306 e. The van der Waals surface area contributed by atoms with Crippen LogP contribution in [-0.4, -0.2) is 121 Å². The van der Waals surface area contributed by atoms with Crippen LogP contribution >= 0.6 is 0 Å². The summed E-state index contributed by atoms with van der Waals surface area (Å²) in [6.45, 7) is 30.8. The predicted molar refractivity (Wildman–Crippen MR) is 304 cm³/mol. The molecule has 9 atom stereocenters. The molecule has 0 radical (unpaired) electrons. The molecule has 0 bridgehead atoms. The van der Waals surface area contributed by atoms with Gasteiger partial charge in [0.05, 0.1) is 30.5 Å². The number of carbonyl (C=O) groups is 3. The van der Waals surface area contributed by atoms with Crippen molar-refractivity contribution in [2.45, 2.75) is 285 Å². The molecule has 72 heavy (non-hydrogen) atoms. The summed E-state index contributed by atoms with van der Waals surface area (Å²) in [5, 5.41) is 29.1. The Hall–Kier alpha value is -2.31. The van der Waals surface area contributed by atoms with Gasteiger partial charge in [0.1, 0.15) is 6.29 Å². The van der Waals surface area contributed by atoms with E-state index < -0.39 is 12.2 Å². The van der Waals surface area contributed by atoms with Gasteiger partial charge in [0.2, 0.25) is 0 Å². The molecular weight excluding hydrogens is 901 g/mol. The number of hydrogen-bond acceptors (Lipinski definition) is 11. The molecule has 0 aromatic heterocycles. The Kier molecular flexibility index (Phi) is 45.7. The highest BCUT2D eigenvalue weighted by Gasteiger charge is 2.21. The molecule has 0 aliphatic heterocycles. The van der Waals surface area contributed by atoms with E-state index in [1.807, 2.05) is 27.0 Å². The fourth-order valence-corrected chi connectivity index (χ4v) is 10.1. The first-order chi connectivity index (χ1) is 34.6. The highest BCUT2D eigenvalue weighted by Crippen LogP contribution is 2.21. The van der Waals surface area contributed by atoms with Crippen molar-refractivity contribution in [2.75, 3.05) is 46.3 Å². The van der Waals surface area contributed by atoms with Gasteiger partial charge in [0.15, 0.2) is 0 Å². The van der Waals surface area contributed by atoms with Gasteiger partial charge >= 0.3 is 11.9 Å². The number of ether oxygens (including phenoxy) is 2. The number of allylic oxidation sites excluding steroid dienone is 1. The van der Waals surface area contributed by atoms with E-state index in [9.17, 15) is 24.6 Å². The van der Waals surface area contributed by atoms with E-state index in [2.05, 4.69) is 75.1 Å². The SMILES string of the molecule is C=CCCCC(C)CN(CCCCC(NC)C(=C)NC(C=O)CCCCN(CC(O)CCCC(=O)OC(C)CCCCC)CC(O)CCCC(=O)OC(C)CCCCC)CC(C)CCCC(C)CCCCC. The normalized spacial score (nSPS) is 15.6. The van der Waals surface area contributed by atoms with Gasteiger partial charge in [-0.1, -0.05) is 125 Å². The molecule has 0 saturated heterocycles. The number of rotatable bonds is 53. The lowest BCUT2D eigenvalue weighted by Gasteiger charge is -2.29. The Morgan fingerprint density at radius 3 is 1.44 bits per heavy atom. The number of aliphatic hydroxyl groups excluding tert-OH is 2. The van der Waals surface area contributed by atoms with Crippen LogP contribution in [0.3, 0.4) is 0 Å². The molecule has 0 aromatic rings. The molecule has 0 aliphatic carbocycles. The van der Waals surface area contributed by atoms with Crippen molar-refractivity contribution in [3.63, 3.8) is 0 Å². The number of nitrogens with one attached hydrogen (secondary N) is 2. The van der Waals surface area contributed by atoms with Gasteiger partial charge in [-0.3, -0.25) is 14.5 Å². The van der Waals surface area contributed by atoms with Crippen LogP contribution in [0.4, 0.5) is 0 Å². The Bertz CT molecular complexity index is 1280. The third-order valence-electron chi connectivity index (χ3n) is 14.6. The molecule has 424 valence electrons. The largest absolute Gasteiger partial charge is 0.463 e. The van der Waals surface area contributed by atoms with Crippen molar-refractivity contribution in [1.29, 1.82) is 0 Å². The lowest BCUT2D eigenvalue weighted by molar-refractivity contribution is -0.149. The number of unbranched alkanes of at least 4 members (excludes halogenated alkanes) is 9. The second-order valence-electron chi connectivity index (χ2n) is 22.4. The average molecular weight is 1020 g/mol. The first kappa shape index (κ1) is 69.7. The van der Waals surface area contributed by atoms with Gasteiger partial charge in [0.25, 0.3) is 0 Å². The van der Waals surface area contributed by atoms with Gasteiger partial charge in [-0.15, -0.1) is 6.58 Å². The van der Waals surface area contributed by atoms with Gasteiger partial charge in [0, 0.05) is 50.8 Å². The van der Waals surface area contributed by atoms with E-state index in [1.165, 1.54) is 57.8 Å². The van der Waals surface area contributed by atoms with Crippen LogP contribution in [0.15, 0.2) is 24.9 Å². The second-order valence-corrected chi connectivity index (χ2v) is 22.4. The maximum Gasteiger partial charge on any atom is 0.306 e. The Morgan fingerprint density at radius 1 is 0.542 bits per heavy atom. The molecule has 0 fully saturated rings. The fourth-order valence-electron chi connectivity index (χ4n) is 10.1. The third-order valence-corrected chi connectivity index (χ3v) is 14.6. The molecule has 0 rings (SSSR count). The van der Waals surface area contributed by atoms with Crippen LogP contribution in [0.25, 0.3) is 0 Å². The minimum absolute atomic E-state index is 0.0579. The van der Waals surface area contributed by atoms with Gasteiger partial charge in [-0.25, -0.2) is 0 Å². The molecule has 0 saturated carbocycles. The van der Waals surface area contributed by atoms with Crippen LogP contribution in [0.5, 0.6) is 0 Å². The Labute approximate surface area is 444 Å². The van der Waals surface area contributed by atoms with Gasteiger partial charge in [-0.2, -0.15) is 0 Å². The van der Waals surface area contributed by atoms with E-state index in [1.54, 1.807) is 0 Å². The number of carbonyl (C=O) groups excluding carboxylic acids is 3. The summed E-state index contributed by atoms with van der Waals surface area (Å²) >= 11 is 0. The van der Waals surface area contributed by atoms with E-state index in [0.29, 0.717) is 63.6 Å². The zero-order valence-electron chi connectivity index (χ0n) is 48.6. The molecule has 0 heterocycles. The third kappa shape index (κ3) is 41.0. The van der Waals surface area contributed by atoms with Crippen molar-refractivity contribution in [1.82, 2.24) is 20.4 Å². The first-order valence-corrected chi connectivity index (χ1v) is 30.0. The highest BCUT2D eigenvalue weighted by molar-refractivity contribution is 5.69. The maximum absolute atomic E-state index is 12.5. The van der Waals surface area contributed by atoms with Crippen molar-refractivity contribution in [3.05, 3.63) is 24.9 Å². The second kappa shape index (κ2) is 47.2. The lowest BCUT2D eigenvalue weighted by Crippen LogP contribution is -2.40. The Morgan fingerprint density at radius 2 is 0.972 bits per heavy atom. The summed E-state index contributed by atoms with van der Waals surface area (Å²) < 4.78 is 11.2. The first-order valence-electron chi connectivity index (χ1n) is 30.0. The zero-order valence-corrected chi connectivity index (χ0v) is 48.6. The van der Waals surface area contributed by atoms with E-state index >= 15 is 0 Å². The van der Waals surface area contributed by atoms with E-state index in [0.717, 1.165) is 127 Å². The molecule has 9 unspecified atom stereocenters. The van der Waals surface area contributed by atoms with Gasteiger partial charge < -0.3 is 40.0 Å². The monoisotopic (exact) mass is 1020 g/mol. The number of aliphatic hydroxyl groups is 2. The molecule has 4 N–H and O–H groups in total. The van der Waals surface area contributed by atoms with Crippen LogP contribution in [0.1, 0.15) is 248 Å². The van der Waals surface area contributed by atoms with Crippen LogP contribution in [0, 0.1) is 17.8 Å². The number of likely N-dealkylation sites (N-methyl/N-ethyl adjacent to an activating group) is 1. The topological polar surface area (TPSA) is 141 Å². The predicted octanol–water partition coefficient (Wildman–Crippen LogP) is 13.3. The average Bonchev–Trinajstić information content (AvgIpc) is 3.32. The van der Waals surface area contributed by atoms with Crippen molar-refractivity contribution in [2.24, 2.45) is 17.8 Å². The van der Waals surface area contributed by atoms with Crippen molar-refractivity contribution in [3.8, 4) is 0 Å². The zero-order chi connectivity index (χ0) is 53.8. The van der Waals surface area contributed by atoms with Crippen LogP contribution in [-0.2, 0) is 23.9 Å². The van der Waals surface area contributed by atoms with E-state index in [-0.39, 0.29) is 49.1 Å². The number of aldehydes is 1. The summed E-state index contributed by atoms with van der Waals surface area (Å²) in [4.78, 5) is 42.2. The molecule has 11 heteroatoms. The molecule has 11 nitrogen and oxygen atoms in total. The van der Waals surface area contributed by atoms with E-state index in [4.69, 9.17) is 9.47 Å².